The molecule has 0 unspecified atom stereocenters. The molecule has 106 valence electrons. The Morgan fingerprint density at radius 1 is 1.45 bits per heavy atom. The van der Waals surface area contributed by atoms with Gasteiger partial charge in [0.2, 0.25) is 5.91 Å². The van der Waals surface area contributed by atoms with Crippen LogP contribution < -0.4 is 5.32 Å². The number of hydrogen-bond donors (Lipinski definition) is 3. The van der Waals surface area contributed by atoms with Gasteiger partial charge in [-0.05, 0) is 39.0 Å². The summed E-state index contributed by atoms with van der Waals surface area (Å²) in [5.41, 5.74) is 2.97. The van der Waals surface area contributed by atoms with E-state index in [-0.39, 0.29) is 17.6 Å². The number of phenolic OH excluding ortho intramolecular Hbond substituents is 1. The first-order valence-corrected chi connectivity index (χ1v) is 7.00. The molecule has 0 aliphatic heterocycles. The number of aromatic hydroxyl groups is 1. The van der Waals surface area contributed by atoms with Gasteiger partial charge < -0.3 is 10.4 Å². The van der Waals surface area contributed by atoms with E-state index in [0.717, 1.165) is 21.4 Å². The Bertz CT molecular complexity index is 632. The first-order chi connectivity index (χ1) is 9.40. The van der Waals surface area contributed by atoms with E-state index in [1.54, 1.807) is 12.1 Å². The first-order valence-electron chi connectivity index (χ1n) is 6.21. The van der Waals surface area contributed by atoms with E-state index >= 15 is 0 Å². The molecular weight excluding hydrogens is 322 g/mol. The number of benzene rings is 1. The van der Waals surface area contributed by atoms with Crippen molar-refractivity contribution < 1.29 is 9.90 Å². The zero-order valence-electron chi connectivity index (χ0n) is 11.5. The fraction of sp³-hybridized carbons (Fsp3) is 0.286. The Kier molecular flexibility index (Phi) is 4.13. The van der Waals surface area contributed by atoms with Crippen molar-refractivity contribution in [2.45, 2.75) is 26.7 Å². The molecule has 5 nitrogen and oxygen atoms in total. The molecule has 1 aromatic heterocycles. The molecule has 2 rings (SSSR count). The van der Waals surface area contributed by atoms with E-state index in [4.69, 9.17) is 0 Å². The minimum absolute atomic E-state index is 0.0283. The van der Waals surface area contributed by atoms with Gasteiger partial charge >= 0.3 is 0 Å². The van der Waals surface area contributed by atoms with Crippen molar-refractivity contribution in [3.63, 3.8) is 0 Å². The van der Waals surface area contributed by atoms with Gasteiger partial charge in [0.25, 0.3) is 0 Å². The Labute approximate surface area is 125 Å². The average molecular weight is 338 g/mol. The molecule has 0 aliphatic rings. The second-order valence-corrected chi connectivity index (χ2v) is 5.64. The minimum atomic E-state index is -0.350. The van der Waals surface area contributed by atoms with Gasteiger partial charge in [-0.1, -0.05) is 15.9 Å². The first kappa shape index (κ1) is 14.6. The maximum absolute atomic E-state index is 12.3. The van der Waals surface area contributed by atoms with Gasteiger partial charge in [0.15, 0.2) is 0 Å². The number of halogens is 1. The van der Waals surface area contributed by atoms with E-state index in [2.05, 4.69) is 31.4 Å². The zero-order valence-corrected chi connectivity index (χ0v) is 13.1. The average Bonchev–Trinajstić information content (AvgIpc) is 2.71. The summed E-state index contributed by atoms with van der Waals surface area (Å²) in [6.45, 7) is 5.56. The number of aromatic amines is 1. The van der Waals surface area contributed by atoms with Crippen molar-refractivity contribution in [1.82, 2.24) is 10.2 Å². The molecule has 1 heterocycles. The Morgan fingerprint density at radius 2 is 2.15 bits per heavy atom. The third-order valence-electron chi connectivity index (χ3n) is 3.23. The number of phenols is 1. The molecule has 1 atom stereocenters. The van der Waals surface area contributed by atoms with Crippen LogP contribution in [0, 0.1) is 13.8 Å². The summed E-state index contributed by atoms with van der Waals surface area (Å²) in [6.07, 6.45) is 0. The number of amides is 1. The molecule has 2 aromatic rings. The quantitative estimate of drug-likeness (QED) is 0.752. The van der Waals surface area contributed by atoms with Crippen LogP contribution in [0.1, 0.15) is 29.8 Å². The van der Waals surface area contributed by atoms with Crippen LogP contribution in [0.2, 0.25) is 0 Å². The van der Waals surface area contributed by atoms with E-state index < -0.39 is 0 Å². The molecule has 1 amide bonds. The smallest absolute Gasteiger partial charge is 0.231 e. The molecular formula is C14H16BrN3O2. The Morgan fingerprint density at radius 3 is 2.70 bits per heavy atom. The standard InChI is InChI=1S/C14H16BrN3O2/c1-7(13-8(2)17-18-9(13)3)14(20)16-11-5-4-10(15)6-12(11)19/h4-7,19H,1-3H3,(H,16,20)(H,17,18)/t7-/m1/s1. The largest absolute Gasteiger partial charge is 0.506 e. The number of H-pyrrole nitrogens is 1. The lowest BCUT2D eigenvalue weighted by molar-refractivity contribution is -0.117. The highest BCUT2D eigenvalue weighted by molar-refractivity contribution is 9.10. The molecule has 20 heavy (non-hydrogen) atoms. The SMILES string of the molecule is Cc1n[nH]c(C)c1[C@@H](C)C(=O)Nc1ccc(Br)cc1O. The van der Waals surface area contributed by atoms with Crippen LogP contribution in [0.5, 0.6) is 5.75 Å². The topological polar surface area (TPSA) is 78.0 Å². The van der Waals surface area contributed by atoms with Crippen LogP contribution in [0.3, 0.4) is 0 Å². The lowest BCUT2D eigenvalue weighted by atomic mass is 9.98. The Hall–Kier alpha value is -1.82. The van der Waals surface area contributed by atoms with E-state index in [1.165, 1.54) is 6.07 Å². The summed E-state index contributed by atoms with van der Waals surface area (Å²) in [4.78, 5) is 12.3. The predicted octanol–water partition coefficient (Wildman–Crippen LogP) is 3.24. The highest BCUT2D eigenvalue weighted by Gasteiger charge is 2.22. The van der Waals surface area contributed by atoms with Crippen LogP contribution in [0.25, 0.3) is 0 Å². The summed E-state index contributed by atoms with van der Waals surface area (Å²) in [5.74, 6) is -0.507. The van der Waals surface area contributed by atoms with Gasteiger partial charge in [-0.2, -0.15) is 5.10 Å². The molecule has 6 heteroatoms. The van der Waals surface area contributed by atoms with Gasteiger partial charge in [-0.15, -0.1) is 0 Å². The summed E-state index contributed by atoms with van der Waals surface area (Å²) in [6, 6.07) is 4.95. The number of carbonyl (C=O) groups is 1. The lowest BCUT2D eigenvalue weighted by Crippen LogP contribution is -2.19. The number of nitrogens with zero attached hydrogens (tertiary/aromatic N) is 1. The fourth-order valence-electron chi connectivity index (χ4n) is 2.18. The van der Waals surface area contributed by atoms with Crippen molar-refractivity contribution in [2.24, 2.45) is 0 Å². The molecule has 0 aliphatic carbocycles. The second kappa shape index (κ2) is 5.66. The summed E-state index contributed by atoms with van der Waals surface area (Å²) in [7, 11) is 0. The number of carbonyl (C=O) groups excluding carboxylic acids is 1. The van der Waals surface area contributed by atoms with Crippen LogP contribution in [-0.4, -0.2) is 21.2 Å². The third-order valence-corrected chi connectivity index (χ3v) is 3.72. The second-order valence-electron chi connectivity index (χ2n) is 4.72. The van der Waals surface area contributed by atoms with Crippen molar-refractivity contribution in [3.05, 3.63) is 39.6 Å². The number of aryl methyl sites for hydroxylation is 2. The molecule has 1 aromatic carbocycles. The van der Waals surface area contributed by atoms with Crippen LogP contribution in [0.15, 0.2) is 22.7 Å². The predicted molar refractivity (Wildman–Crippen MR) is 80.9 cm³/mol. The number of rotatable bonds is 3. The summed E-state index contributed by atoms with van der Waals surface area (Å²) in [5, 5.41) is 19.5. The maximum atomic E-state index is 12.3. The van der Waals surface area contributed by atoms with Crippen molar-refractivity contribution in [3.8, 4) is 5.75 Å². The Balaban J connectivity index is 2.20. The molecule has 0 fully saturated rings. The van der Waals surface area contributed by atoms with Crippen molar-refractivity contribution in [2.75, 3.05) is 5.32 Å². The fourth-order valence-corrected chi connectivity index (χ4v) is 2.53. The molecule has 0 radical (unpaired) electrons. The molecule has 0 spiro atoms. The highest BCUT2D eigenvalue weighted by atomic mass is 79.9. The normalized spacial score (nSPS) is 12.2. The van der Waals surface area contributed by atoms with Crippen LogP contribution in [0.4, 0.5) is 5.69 Å². The zero-order chi connectivity index (χ0) is 14.9. The molecule has 0 saturated carbocycles. The maximum Gasteiger partial charge on any atom is 0.231 e. The van der Waals surface area contributed by atoms with Crippen molar-refractivity contribution in [1.29, 1.82) is 0 Å². The van der Waals surface area contributed by atoms with Crippen LogP contribution >= 0.6 is 15.9 Å². The van der Waals surface area contributed by atoms with E-state index in [1.807, 2.05) is 20.8 Å². The molecule has 0 bridgehead atoms. The van der Waals surface area contributed by atoms with Crippen molar-refractivity contribution >= 4 is 27.5 Å². The van der Waals surface area contributed by atoms with Gasteiger partial charge in [-0.25, -0.2) is 0 Å². The third kappa shape index (κ3) is 2.85. The minimum Gasteiger partial charge on any atom is -0.506 e. The lowest BCUT2D eigenvalue weighted by Gasteiger charge is -2.13. The number of nitrogens with one attached hydrogen (secondary N) is 2. The van der Waals surface area contributed by atoms with Gasteiger partial charge in [0.1, 0.15) is 5.75 Å². The monoisotopic (exact) mass is 337 g/mol. The highest BCUT2D eigenvalue weighted by Crippen LogP contribution is 2.29. The van der Waals surface area contributed by atoms with Gasteiger partial charge in [0, 0.05) is 15.7 Å². The summed E-state index contributed by atoms with van der Waals surface area (Å²) >= 11 is 3.26. The molecule has 3 N–H and O–H groups in total. The van der Waals surface area contributed by atoms with Gasteiger partial charge in [-0.3, -0.25) is 9.89 Å². The molecule has 0 saturated heterocycles. The summed E-state index contributed by atoms with van der Waals surface area (Å²) < 4.78 is 0.752. The van der Waals surface area contributed by atoms with E-state index in [9.17, 15) is 9.90 Å². The number of anilines is 1. The van der Waals surface area contributed by atoms with E-state index in [0.29, 0.717) is 5.69 Å². The number of hydrogen-bond acceptors (Lipinski definition) is 3. The van der Waals surface area contributed by atoms with Crippen LogP contribution in [-0.2, 0) is 4.79 Å². The van der Waals surface area contributed by atoms with Gasteiger partial charge in [0.05, 0.1) is 17.3 Å². The number of aromatic nitrogens is 2.